The lowest BCUT2D eigenvalue weighted by atomic mass is 10.3. The van der Waals surface area contributed by atoms with Gasteiger partial charge >= 0.3 is 7.75 Å². The lowest BCUT2D eigenvalue weighted by Gasteiger charge is -2.11. The largest absolute Gasteiger partial charge is 0.469 e. The van der Waals surface area contributed by atoms with Crippen molar-refractivity contribution >= 4 is 7.75 Å². The fourth-order valence-electron chi connectivity index (χ4n) is 0.714. The van der Waals surface area contributed by atoms with Gasteiger partial charge in [-0.1, -0.05) is 6.07 Å². The molecule has 0 aliphatic carbocycles. The van der Waals surface area contributed by atoms with Gasteiger partial charge in [-0.3, -0.25) is 5.84 Å². The average Bonchev–Trinajstić information content (AvgIpc) is 2.13. The van der Waals surface area contributed by atoms with E-state index in [-0.39, 0.29) is 0 Å². The molecule has 0 saturated carbocycles. The van der Waals surface area contributed by atoms with E-state index in [1.807, 2.05) is 0 Å². The number of hydrogen-bond acceptors (Lipinski definition) is 3. The van der Waals surface area contributed by atoms with Crippen LogP contribution in [0, 0.1) is 11.6 Å². The Balaban J connectivity index is 2.98. The van der Waals surface area contributed by atoms with Crippen molar-refractivity contribution in [3.8, 4) is 5.75 Å². The highest BCUT2D eigenvalue weighted by Gasteiger charge is 2.21. The van der Waals surface area contributed by atoms with Crippen LogP contribution in [0.5, 0.6) is 5.75 Å². The minimum atomic E-state index is -4.32. The molecule has 14 heavy (non-hydrogen) atoms. The van der Waals surface area contributed by atoms with Gasteiger partial charge < -0.3 is 9.42 Å². The third kappa shape index (κ3) is 2.49. The van der Waals surface area contributed by atoms with Crippen molar-refractivity contribution < 1.29 is 22.8 Å². The summed E-state index contributed by atoms with van der Waals surface area (Å²) < 4.78 is 40.5. The summed E-state index contributed by atoms with van der Waals surface area (Å²) >= 11 is 0. The highest BCUT2D eigenvalue weighted by molar-refractivity contribution is 7.50. The first-order valence-electron chi connectivity index (χ1n) is 3.40. The summed E-state index contributed by atoms with van der Waals surface area (Å²) in [5.41, 5.74) is 0. The maximum Gasteiger partial charge on any atom is 0.469 e. The van der Waals surface area contributed by atoms with Crippen LogP contribution in [-0.4, -0.2) is 4.89 Å². The van der Waals surface area contributed by atoms with E-state index in [0.717, 1.165) is 18.2 Å². The van der Waals surface area contributed by atoms with Gasteiger partial charge in [-0.05, 0) is 12.1 Å². The van der Waals surface area contributed by atoms with Crippen molar-refractivity contribution in [1.29, 1.82) is 0 Å². The van der Waals surface area contributed by atoms with E-state index in [1.165, 1.54) is 5.20 Å². The van der Waals surface area contributed by atoms with E-state index in [9.17, 15) is 13.3 Å². The van der Waals surface area contributed by atoms with Gasteiger partial charge in [-0.2, -0.15) is 9.59 Å². The Bertz CT molecular complexity index is 387. The molecule has 0 aromatic heterocycles. The monoisotopic (exact) mass is 224 g/mol. The van der Waals surface area contributed by atoms with Crippen LogP contribution in [-0.2, 0) is 4.57 Å². The van der Waals surface area contributed by atoms with Crippen LogP contribution in [0.2, 0.25) is 0 Å². The van der Waals surface area contributed by atoms with Gasteiger partial charge in [0, 0.05) is 0 Å². The molecule has 1 aromatic carbocycles. The lowest BCUT2D eigenvalue weighted by molar-refractivity contribution is 0.351. The molecule has 1 unspecified atom stereocenters. The smallest absolute Gasteiger partial charge is 0.409 e. The zero-order chi connectivity index (χ0) is 10.8. The van der Waals surface area contributed by atoms with Crippen LogP contribution >= 0.6 is 7.75 Å². The Hall–Kier alpha value is -1.01. The van der Waals surface area contributed by atoms with Crippen molar-refractivity contribution in [2.24, 2.45) is 5.84 Å². The zero-order valence-electron chi connectivity index (χ0n) is 6.78. The van der Waals surface area contributed by atoms with Crippen LogP contribution < -0.4 is 15.6 Å². The molecular formula is C6H7F2N2O3P. The van der Waals surface area contributed by atoms with Gasteiger partial charge in [0.05, 0.1) is 0 Å². The quantitative estimate of drug-likeness (QED) is 0.403. The van der Waals surface area contributed by atoms with Crippen LogP contribution in [0.15, 0.2) is 18.2 Å². The maximum atomic E-state index is 12.9. The molecule has 8 heteroatoms. The first-order valence-corrected chi connectivity index (χ1v) is 4.98. The predicted octanol–water partition coefficient (Wildman–Crippen LogP) is 0.907. The van der Waals surface area contributed by atoms with E-state index in [4.69, 9.17) is 4.89 Å². The predicted molar refractivity (Wildman–Crippen MR) is 44.1 cm³/mol. The second kappa shape index (κ2) is 4.02. The number of benzene rings is 1. The van der Waals surface area contributed by atoms with Crippen molar-refractivity contribution in [1.82, 2.24) is 5.20 Å². The minimum absolute atomic E-state index is 0.686. The van der Waals surface area contributed by atoms with Gasteiger partial charge in [0.15, 0.2) is 11.6 Å². The van der Waals surface area contributed by atoms with E-state index in [0.29, 0.717) is 0 Å². The fourth-order valence-corrected chi connectivity index (χ4v) is 1.17. The summed E-state index contributed by atoms with van der Waals surface area (Å²) in [5, 5.41) is 1.44. The van der Waals surface area contributed by atoms with Crippen molar-refractivity contribution in [2.45, 2.75) is 0 Å². The van der Waals surface area contributed by atoms with Crippen LogP contribution in [0.3, 0.4) is 0 Å². The number of rotatable bonds is 3. The highest BCUT2D eigenvalue weighted by Crippen LogP contribution is 2.38. The van der Waals surface area contributed by atoms with E-state index >= 15 is 0 Å². The molecular weight excluding hydrogens is 217 g/mol. The summed E-state index contributed by atoms with van der Waals surface area (Å²) in [6.07, 6.45) is 0. The highest BCUT2D eigenvalue weighted by atomic mass is 31.2. The first-order chi connectivity index (χ1) is 6.46. The third-order valence-electron chi connectivity index (χ3n) is 1.30. The summed E-state index contributed by atoms with van der Waals surface area (Å²) in [7, 11) is -4.32. The first kappa shape index (κ1) is 11.1. The second-order valence-corrected chi connectivity index (χ2v) is 3.77. The molecule has 0 saturated heterocycles. The summed E-state index contributed by atoms with van der Waals surface area (Å²) in [4.78, 5) is 8.80. The minimum Gasteiger partial charge on any atom is -0.409 e. The number of nitrogens with one attached hydrogen (secondary N) is 1. The molecule has 1 rings (SSSR count). The van der Waals surface area contributed by atoms with Gasteiger partial charge in [0.1, 0.15) is 0 Å². The molecule has 0 aliphatic heterocycles. The van der Waals surface area contributed by atoms with Gasteiger partial charge in [0.2, 0.25) is 5.82 Å². The molecule has 0 spiro atoms. The van der Waals surface area contributed by atoms with E-state index in [2.05, 4.69) is 10.4 Å². The van der Waals surface area contributed by atoms with Crippen LogP contribution in [0.4, 0.5) is 8.78 Å². The van der Waals surface area contributed by atoms with Crippen molar-refractivity contribution in [2.75, 3.05) is 0 Å². The van der Waals surface area contributed by atoms with Crippen molar-refractivity contribution in [3.63, 3.8) is 0 Å². The summed E-state index contributed by atoms with van der Waals surface area (Å²) in [6, 6.07) is 2.98. The molecule has 4 N–H and O–H groups in total. The molecule has 0 bridgehead atoms. The standard InChI is InChI=1S/C6H7F2N2O3P/c7-4-2-1-3-5(6(4)8)13-14(11,12)10-9/h1-3H,9H2,(H2,10,11,12). The Kier molecular flexibility index (Phi) is 3.17. The Labute approximate surface area is 78.0 Å². The molecule has 0 heterocycles. The van der Waals surface area contributed by atoms with Crippen LogP contribution in [0.25, 0.3) is 0 Å². The molecule has 0 aliphatic rings. The lowest BCUT2D eigenvalue weighted by Crippen LogP contribution is -2.21. The summed E-state index contributed by atoms with van der Waals surface area (Å²) in [6.45, 7) is 0. The Morgan fingerprint density at radius 2 is 2.14 bits per heavy atom. The number of halogens is 2. The summed E-state index contributed by atoms with van der Waals surface area (Å²) in [5.74, 6) is 1.42. The topological polar surface area (TPSA) is 84.6 Å². The number of hydrogen-bond donors (Lipinski definition) is 3. The number of nitrogens with two attached hydrogens (primary N) is 1. The molecule has 5 nitrogen and oxygen atoms in total. The molecule has 0 amide bonds. The van der Waals surface area contributed by atoms with Gasteiger partial charge in [-0.25, -0.2) is 8.96 Å². The van der Waals surface area contributed by atoms with Gasteiger partial charge in [0.25, 0.3) is 0 Å². The molecule has 1 atom stereocenters. The zero-order valence-corrected chi connectivity index (χ0v) is 7.67. The molecule has 0 radical (unpaired) electrons. The average molecular weight is 224 g/mol. The molecule has 0 fully saturated rings. The maximum absolute atomic E-state index is 12.9. The Morgan fingerprint density at radius 1 is 1.50 bits per heavy atom. The Morgan fingerprint density at radius 3 is 2.71 bits per heavy atom. The second-order valence-electron chi connectivity index (χ2n) is 2.29. The van der Waals surface area contributed by atoms with E-state index < -0.39 is 25.1 Å². The third-order valence-corrected chi connectivity index (χ3v) is 2.07. The molecule has 1 aromatic rings. The van der Waals surface area contributed by atoms with E-state index in [1.54, 1.807) is 0 Å². The normalized spacial score (nSPS) is 14.9. The SMILES string of the molecule is NNP(=O)(O)Oc1cccc(F)c1F. The number of hydrazine groups is 1. The molecule has 78 valence electrons. The van der Waals surface area contributed by atoms with Gasteiger partial charge in [-0.15, -0.1) is 0 Å². The van der Waals surface area contributed by atoms with Crippen molar-refractivity contribution in [3.05, 3.63) is 29.8 Å². The fraction of sp³-hybridized carbons (Fsp3) is 0. The van der Waals surface area contributed by atoms with Crippen LogP contribution in [0.1, 0.15) is 0 Å².